The van der Waals surface area contributed by atoms with Crippen molar-refractivity contribution in [1.29, 1.82) is 0 Å². The number of allylic oxidation sites excluding steroid dienone is 1. The van der Waals surface area contributed by atoms with E-state index in [1.807, 2.05) is 18.2 Å². The van der Waals surface area contributed by atoms with E-state index in [-0.39, 0.29) is 6.42 Å². The number of aliphatic carboxylic acids is 1. The van der Waals surface area contributed by atoms with Crippen LogP contribution in [0.2, 0.25) is 0 Å². The number of carboxylic acids is 1. The van der Waals surface area contributed by atoms with Gasteiger partial charge in [0.15, 0.2) is 0 Å². The van der Waals surface area contributed by atoms with Gasteiger partial charge in [0.2, 0.25) is 0 Å². The van der Waals surface area contributed by atoms with Crippen LogP contribution in [0.25, 0.3) is 16.8 Å². The van der Waals surface area contributed by atoms with E-state index in [9.17, 15) is 4.79 Å². The highest BCUT2D eigenvalue weighted by molar-refractivity contribution is 5.70. The Hall–Kier alpha value is -3.57. The Morgan fingerprint density at radius 2 is 1.69 bits per heavy atom. The normalized spacial score (nSPS) is 11.2. The molecule has 0 radical (unpaired) electrons. The second-order valence-electron chi connectivity index (χ2n) is 7.37. The summed E-state index contributed by atoms with van der Waals surface area (Å²) in [5, 5.41) is 8.91. The van der Waals surface area contributed by atoms with Gasteiger partial charge < -0.3 is 9.84 Å². The quantitative estimate of drug-likeness (QED) is 0.283. The highest BCUT2D eigenvalue weighted by Gasteiger charge is 2.05. The molecule has 3 aromatic rings. The monoisotopic (exact) mass is 431 g/mol. The number of carbonyl (C=O) groups is 1. The van der Waals surface area contributed by atoms with Gasteiger partial charge in [-0.05, 0) is 40.8 Å². The molecule has 32 heavy (non-hydrogen) atoms. The molecule has 0 aliphatic heterocycles. The number of hydrogen-bond donors (Lipinski definition) is 2. The van der Waals surface area contributed by atoms with Crippen molar-refractivity contribution in [3.8, 4) is 16.9 Å². The molecule has 0 heterocycles. The lowest BCUT2D eigenvalue weighted by molar-refractivity contribution is -0.136. The number of rotatable bonds is 12. The molecule has 0 aliphatic rings. The van der Waals surface area contributed by atoms with E-state index in [0.29, 0.717) is 24.5 Å². The molecular weight excluding hydrogens is 402 g/mol. The molecule has 0 amide bonds. The molecule has 0 bridgehead atoms. The molecule has 0 aliphatic carbocycles. The summed E-state index contributed by atoms with van der Waals surface area (Å²) < 4.78 is 5.68. The molecule has 0 fully saturated rings. The zero-order chi connectivity index (χ0) is 22.6. The van der Waals surface area contributed by atoms with E-state index in [1.54, 1.807) is 24.3 Å². The van der Waals surface area contributed by atoms with Gasteiger partial charge in [-0.3, -0.25) is 15.1 Å². The fourth-order valence-corrected chi connectivity index (χ4v) is 3.23. The number of carboxylic acid groups (broad SMARTS) is 1. The standard InChI is InChI=1S/C27H29NO4/c1-2-3-12-26(24-15-13-23(14-16-24)22-9-5-4-6-10-22)28-32-18-17-31-25-11-7-8-21(19-25)20-27(29)30/h4-16,19,28H,2-3,17-18,20H2,1H3,(H,29,30). The van der Waals surface area contributed by atoms with Gasteiger partial charge in [0, 0.05) is 0 Å². The summed E-state index contributed by atoms with van der Waals surface area (Å²) in [4.78, 5) is 16.5. The maximum absolute atomic E-state index is 10.9. The van der Waals surface area contributed by atoms with E-state index >= 15 is 0 Å². The first-order valence-corrected chi connectivity index (χ1v) is 10.8. The number of benzene rings is 3. The molecule has 3 aromatic carbocycles. The number of unbranched alkanes of at least 4 members (excludes halogenated alkanes) is 1. The van der Waals surface area contributed by atoms with Crippen LogP contribution in [-0.2, 0) is 16.1 Å². The minimum absolute atomic E-state index is 0.0239. The Bertz CT molecular complexity index is 1010. The summed E-state index contributed by atoms with van der Waals surface area (Å²) in [5.74, 6) is -0.233. The number of hydrogen-bond acceptors (Lipinski definition) is 4. The van der Waals surface area contributed by atoms with Crippen LogP contribution in [0.5, 0.6) is 5.75 Å². The first-order valence-electron chi connectivity index (χ1n) is 10.8. The van der Waals surface area contributed by atoms with Gasteiger partial charge in [-0.2, -0.15) is 0 Å². The topological polar surface area (TPSA) is 67.8 Å². The van der Waals surface area contributed by atoms with Crippen molar-refractivity contribution in [2.75, 3.05) is 13.2 Å². The molecule has 5 nitrogen and oxygen atoms in total. The Morgan fingerprint density at radius 3 is 2.41 bits per heavy atom. The predicted molar refractivity (Wildman–Crippen MR) is 127 cm³/mol. The molecule has 0 atom stereocenters. The Labute approximate surface area is 189 Å². The molecule has 0 saturated heterocycles. The van der Waals surface area contributed by atoms with Gasteiger partial charge in [0.25, 0.3) is 0 Å². The van der Waals surface area contributed by atoms with E-state index in [2.05, 4.69) is 54.9 Å². The van der Waals surface area contributed by atoms with Crippen LogP contribution in [-0.4, -0.2) is 24.3 Å². The van der Waals surface area contributed by atoms with Gasteiger partial charge in [-0.15, -0.1) is 0 Å². The zero-order valence-electron chi connectivity index (χ0n) is 18.3. The highest BCUT2D eigenvalue weighted by Crippen LogP contribution is 2.22. The summed E-state index contributed by atoms with van der Waals surface area (Å²) >= 11 is 0. The van der Waals surface area contributed by atoms with Crippen molar-refractivity contribution in [3.63, 3.8) is 0 Å². The van der Waals surface area contributed by atoms with Crippen LogP contribution in [0.1, 0.15) is 30.9 Å². The minimum Gasteiger partial charge on any atom is -0.491 e. The second kappa shape index (κ2) is 12.3. The fraction of sp³-hybridized carbons (Fsp3) is 0.222. The average Bonchev–Trinajstić information content (AvgIpc) is 2.81. The molecule has 2 N–H and O–H groups in total. The van der Waals surface area contributed by atoms with E-state index < -0.39 is 5.97 Å². The number of ether oxygens (including phenoxy) is 1. The molecular formula is C27H29NO4. The smallest absolute Gasteiger partial charge is 0.307 e. The number of nitrogens with one attached hydrogen (secondary N) is 1. The van der Waals surface area contributed by atoms with E-state index in [4.69, 9.17) is 14.7 Å². The summed E-state index contributed by atoms with van der Waals surface area (Å²) in [6.07, 6.45) is 4.10. The van der Waals surface area contributed by atoms with Gasteiger partial charge in [0.05, 0.1) is 12.1 Å². The Balaban J connectivity index is 1.52. The first-order chi connectivity index (χ1) is 15.7. The maximum atomic E-state index is 10.9. The third-order valence-electron chi connectivity index (χ3n) is 4.83. The second-order valence-corrected chi connectivity index (χ2v) is 7.37. The van der Waals surface area contributed by atoms with Crippen LogP contribution in [0.15, 0.2) is 84.9 Å². The minimum atomic E-state index is -0.863. The van der Waals surface area contributed by atoms with Crippen LogP contribution in [0, 0.1) is 0 Å². The van der Waals surface area contributed by atoms with Crippen molar-refractivity contribution in [2.45, 2.75) is 26.2 Å². The molecule has 166 valence electrons. The maximum Gasteiger partial charge on any atom is 0.307 e. The number of hydroxylamine groups is 1. The molecule has 3 rings (SSSR count). The molecule has 0 spiro atoms. The summed E-state index contributed by atoms with van der Waals surface area (Å²) in [5.41, 5.74) is 8.10. The molecule has 0 aromatic heterocycles. The van der Waals surface area contributed by atoms with Crippen molar-refractivity contribution < 1.29 is 19.5 Å². The summed E-state index contributed by atoms with van der Waals surface area (Å²) in [6, 6.07) is 25.8. The third-order valence-corrected chi connectivity index (χ3v) is 4.83. The van der Waals surface area contributed by atoms with Gasteiger partial charge in [0.1, 0.15) is 19.0 Å². The average molecular weight is 432 g/mol. The van der Waals surface area contributed by atoms with Crippen LogP contribution in [0.3, 0.4) is 0 Å². The predicted octanol–water partition coefficient (Wildman–Crippen LogP) is 5.72. The summed E-state index contributed by atoms with van der Waals surface area (Å²) in [6.45, 7) is 2.83. The third kappa shape index (κ3) is 7.29. The van der Waals surface area contributed by atoms with Crippen LogP contribution in [0.4, 0.5) is 0 Å². The van der Waals surface area contributed by atoms with Crippen LogP contribution >= 0.6 is 0 Å². The fourth-order valence-electron chi connectivity index (χ4n) is 3.23. The van der Waals surface area contributed by atoms with Gasteiger partial charge in [-0.1, -0.05) is 86.2 Å². The Morgan fingerprint density at radius 1 is 0.938 bits per heavy atom. The van der Waals surface area contributed by atoms with Gasteiger partial charge in [-0.25, -0.2) is 0 Å². The highest BCUT2D eigenvalue weighted by atomic mass is 16.7. The lowest BCUT2D eigenvalue weighted by Gasteiger charge is -2.13. The van der Waals surface area contributed by atoms with Gasteiger partial charge >= 0.3 is 5.97 Å². The first kappa shape index (κ1) is 23.1. The largest absolute Gasteiger partial charge is 0.491 e. The molecule has 0 unspecified atom stereocenters. The summed E-state index contributed by atoms with van der Waals surface area (Å²) in [7, 11) is 0. The lowest BCUT2D eigenvalue weighted by atomic mass is 10.0. The molecule has 0 saturated carbocycles. The van der Waals surface area contributed by atoms with E-state index in [0.717, 1.165) is 24.1 Å². The van der Waals surface area contributed by atoms with Crippen LogP contribution < -0.4 is 10.2 Å². The van der Waals surface area contributed by atoms with E-state index in [1.165, 1.54) is 11.1 Å². The SMILES string of the molecule is CCCC=C(NOCCOc1cccc(CC(=O)O)c1)c1ccc(-c2ccccc2)cc1. The van der Waals surface area contributed by atoms with Crippen molar-refractivity contribution >= 4 is 11.7 Å². The lowest BCUT2D eigenvalue weighted by Crippen LogP contribution is -2.18. The Kier molecular flexibility index (Phi) is 8.90. The van der Waals surface area contributed by atoms with Crippen molar-refractivity contribution in [3.05, 3.63) is 96.1 Å². The molecule has 5 heteroatoms. The zero-order valence-corrected chi connectivity index (χ0v) is 18.3. The van der Waals surface area contributed by atoms with Crippen molar-refractivity contribution in [2.24, 2.45) is 0 Å². The van der Waals surface area contributed by atoms with Crippen molar-refractivity contribution in [1.82, 2.24) is 5.48 Å².